The van der Waals surface area contributed by atoms with Crippen LogP contribution in [0, 0.1) is 0 Å². The van der Waals surface area contributed by atoms with Crippen LogP contribution in [0.15, 0.2) is 91.0 Å². The van der Waals surface area contributed by atoms with Gasteiger partial charge in [0.05, 0.1) is 0 Å². The Balaban J connectivity index is -0.000000311. The number of nitrogens with one attached hydrogen (secondary N) is 1. The first-order chi connectivity index (χ1) is 10.9. The van der Waals surface area contributed by atoms with Gasteiger partial charge in [-0.05, 0) is 37.9 Å². The van der Waals surface area contributed by atoms with Crippen LogP contribution in [0.5, 0.6) is 0 Å². The molecule has 0 bridgehead atoms. The maximum Gasteiger partial charge on any atom is 2.00 e. The molecule has 1 N–H and O–H groups in total. The van der Waals surface area contributed by atoms with E-state index >= 15 is 0 Å². The standard InChI is InChI=1S/C18H15P.C2H7N.4ClH.Pt/c1-4-10-16(11-5-1)19(17-12-6-2-7-13-17)18-14-8-3-9-15-18;1-3-2;;;;;/h1-15H;3H,1-2H3;4*1H;/q;;;;;;+2/p-4. The second-order valence-electron chi connectivity index (χ2n) is 4.84. The zero-order chi connectivity index (χ0) is 15.6. The fraction of sp³-hybridized carbons (Fsp3) is 0.100. The summed E-state index contributed by atoms with van der Waals surface area (Å²) in [5, 5.41) is 6.94. The maximum atomic E-state index is 2.75. The summed E-state index contributed by atoms with van der Waals surface area (Å²) in [6.07, 6.45) is 0. The Bertz CT molecular complexity index is 567. The van der Waals surface area contributed by atoms with E-state index in [2.05, 4.69) is 96.3 Å². The molecule has 0 spiro atoms. The monoisotopic (exact) mass is 642 g/mol. The Labute approximate surface area is 203 Å². The minimum Gasteiger partial charge on any atom is -1.00 e. The van der Waals surface area contributed by atoms with E-state index in [-0.39, 0.29) is 70.7 Å². The van der Waals surface area contributed by atoms with Gasteiger partial charge in [0.2, 0.25) is 0 Å². The van der Waals surface area contributed by atoms with Gasteiger partial charge in [-0.25, -0.2) is 0 Å². The summed E-state index contributed by atoms with van der Waals surface area (Å²) < 4.78 is 0. The van der Waals surface area contributed by atoms with E-state index in [4.69, 9.17) is 0 Å². The summed E-state index contributed by atoms with van der Waals surface area (Å²) in [7, 11) is 3.30. The van der Waals surface area contributed by atoms with E-state index in [1.54, 1.807) is 0 Å². The van der Waals surface area contributed by atoms with Gasteiger partial charge in [0.1, 0.15) is 0 Å². The Morgan fingerprint density at radius 3 is 0.852 bits per heavy atom. The number of hydrogen-bond donors (Lipinski definition) is 1. The molecule has 3 rings (SSSR count). The van der Waals surface area contributed by atoms with Gasteiger partial charge in [0, 0.05) is 0 Å². The van der Waals surface area contributed by atoms with Crippen LogP contribution in [-0.2, 0) is 21.1 Å². The predicted octanol–water partition coefficient (Wildman–Crippen LogP) is -8.71. The second-order valence-corrected chi connectivity index (χ2v) is 7.06. The smallest absolute Gasteiger partial charge is 1.00 e. The number of hydrogen-bond acceptors (Lipinski definition) is 1. The molecule has 152 valence electrons. The van der Waals surface area contributed by atoms with Crippen LogP contribution < -0.4 is 70.9 Å². The summed E-state index contributed by atoms with van der Waals surface area (Å²) in [4.78, 5) is 0. The Morgan fingerprint density at radius 2 is 0.667 bits per heavy atom. The molecule has 0 heterocycles. The predicted molar refractivity (Wildman–Crippen MR) is 100 cm³/mol. The van der Waals surface area contributed by atoms with Gasteiger partial charge < -0.3 is 54.9 Å². The van der Waals surface area contributed by atoms with Gasteiger partial charge in [-0.2, -0.15) is 0 Å². The largest absolute Gasteiger partial charge is 2.00 e. The molecule has 1 nitrogen and oxygen atoms in total. The molecule has 0 radical (unpaired) electrons. The van der Waals surface area contributed by atoms with Crippen molar-refractivity contribution in [1.29, 1.82) is 0 Å². The van der Waals surface area contributed by atoms with E-state index in [9.17, 15) is 0 Å². The minimum atomic E-state index is -0.446. The van der Waals surface area contributed by atoms with Gasteiger partial charge in [-0.3, -0.25) is 0 Å². The van der Waals surface area contributed by atoms with Crippen LogP contribution in [-0.4, -0.2) is 14.1 Å². The van der Waals surface area contributed by atoms with Gasteiger partial charge in [-0.15, -0.1) is 0 Å². The van der Waals surface area contributed by atoms with Crippen LogP contribution in [0.2, 0.25) is 0 Å². The zero-order valence-electron chi connectivity index (χ0n) is 14.9. The van der Waals surface area contributed by atoms with E-state index < -0.39 is 7.92 Å². The molecule has 0 aromatic heterocycles. The SMILES string of the molecule is CNC.[Cl-].[Cl-].[Cl-].[Cl-].[Pt+2].c1ccc(P(c2ccccc2)c2ccccc2)cc1. The summed E-state index contributed by atoms with van der Waals surface area (Å²) in [5.74, 6) is 0. The van der Waals surface area contributed by atoms with Crippen molar-refractivity contribution in [2.45, 2.75) is 0 Å². The van der Waals surface area contributed by atoms with E-state index in [1.807, 2.05) is 14.1 Å². The van der Waals surface area contributed by atoms with Crippen LogP contribution in [0.25, 0.3) is 0 Å². The van der Waals surface area contributed by atoms with Crippen molar-refractivity contribution in [3.05, 3.63) is 91.0 Å². The molecule has 3 aromatic rings. The Kier molecular flexibility index (Phi) is 26.3. The Morgan fingerprint density at radius 1 is 0.481 bits per heavy atom. The molecule has 0 amide bonds. The summed E-state index contributed by atoms with van der Waals surface area (Å²) in [6, 6.07) is 32.3. The Hall–Kier alpha value is -0.102. The molecule has 0 atom stereocenters. The average molecular weight is 644 g/mol. The summed E-state index contributed by atoms with van der Waals surface area (Å²) in [5.41, 5.74) is 0. The van der Waals surface area contributed by atoms with E-state index in [0.29, 0.717) is 0 Å². The first kappa shape index (κ1) is 34.4. The van der Waals surface area contributed by atoms with E-state index in [0.717, 1.165) is 0 Å². The first-order valence-electron chi connectivity index (χ1n) is 7.40. The van der Waals surface area contributed by atoms with Crippen LogP contribution >= 0.6 is 7.92 Å². The fourth-order valence-electron chi connectivity index (χ4n) is 2.18. The maximum absolute atomic E-state index is 2.75. The van der Waals surface area contributed by atoms with Gasteiger partial charge in [0.15, 0.2) is 0 Å². The number of rotatable bonds is 3. The van der Waals surface area contributed by atoms with Crippen LogP contribution in [0.1, 0.15) is 0 Å². The molecule has 0 unspecified atom stereocenters. The van der Waals surface area contributed by atoms with Crippen molar-refractivity contribution in [1.82, 2.24) is 5.32 Å². The van der Waals surface area contributed by atoms with Crippen LogP contribution in [0.4, 0.5) is 0 Å². The number of halogens is 4. The minimum absolute atomic E-state index is 0. The topological polar surface area (TPSA) is 12.0 Å². The molecular formula is C20H22Cl4NPPt-2. The van der Waals surface area contributed by atoms with E-state index in [1.165, 1.54) is 15.9 Å². The summed E-state index contributed by atoms with van der Waals surface area (Å²) in [6.45, 7) is 0. The molecule has 7 heteroatoms. The first-order valence-corrected chi connectivity index (χ1v) is 8.74. The average Bonchev–Trinajstić information content (AvgIpc) is 2.59. The third-order valence-electron chi connectivity index (χ3n) is 3.04. The van der Waals surface area contributed by atoms with Crippen molar-refractivity contribution in [3.8, 4) is 0 Å². The molecule has 0 aliphatic rings. The molecule has 0 fully saturated rings. The van der Waals surface area contributed by atoms with Crippen molar-refractivity contribution in [3.63, 3.8) is 0 Å². The molecular weight excluding hydrogens is 622 g/mol. The normalized spacial score (nSPS) is 8.11. The van der Waals surface area contributed by atoms with Gasteiger partial charge in [0.25, 0.3) is 0 Å². The van der Waals surface area contributed by atoms with Gasteiger partial charge in [-0.1, -0.05) is 91.0 Å². The van der Waals surface area contributed by atoms with Crippen LogP contribution in [0.3, 0.4) is 0 Å². The summed E-state index contributed by atoms with van der Waals surface area (Å²) >= 11 is 0. The quantitative estimate of drug-likeness (QED) is 0.280. The molecule has 0 aliphatic heterocycles. The third-order valence-corrected chi connectivity index (χ3v) is 5.49. The second kappa shape index (κ2) is 20.6. The fourth-order valence-corrected chi connectivity index (χ4v) is 4.48. The van der Waals surface area contributed by atoms with Crippen molar-refractivity contribution >= 4 is 23.8 Å². The zero-order valence-corrected chi connectivity index (χ0v) is 21.1. The molecule has 0 aliphatic carbocycles. The molecule has 0 saturated heterocycles. The van der Waals surface area contributed by atoms with Crippen molar-refractivity contribution < 1.29 is 70.7 Å². The number of benzene rings is 3. The molecule has 3 aromatic carbocycles. The molecule has 27 heavy (non-hydrogen) atoms. The third kappa shape index (κ3) is 11.5. The van der Waals surface area contributed by atoms with Crippen molar-refractivity contribution in [2.75, 3.05) is 14.1 Å². The molecule has 0 saturated carbocycles. The van der Waals surface area contributed by atoms with Crippen molar-refractivity contribution in [2.24, 2.45) is 0 Å². The van der Waals surface area contributed by atoms with Gasteiger partial charge >= 0.3 is 21.1 Å².